The van der Waals surface area contributed by atoms with Gasteiger partial charge in [-0.25, -0.2) is 0 Å². The van der Waals surface area contributed by atoms with Gasteiger partial charge in [0.25, 0.3) is 0 Å². The van der Waals surface area contributed by atoms with Crippen LogP contribution in [0.25, 0.3) is 0 Å². The van der Waals surface area contributed by atoms with E-state index in [2.05, 4.69) is 47.8 Å². The first-order valence-electron chi connectivity index (χ1n) is 4.48. The van der Waals surface area contributed by atoms with E-state index in [0.29, 0.717) is 6.42 Å². The number of amides is 1. The van der Waals surface area contributed by atoms with E-state index in [0.717, 1.165) is 21.2 Å². The summed E-state index contributed by atoms with van der Waals surface area (Å²) in [4.78, 5) is 13.8. The van der Waals surface area contributed by atoms with Crippen molar-refractivity contribution in [3.63, 3.8) is 0 Å². The minimum atomic E-state index is 0.157. The Balaban J connectivity index is 2.41. The van der Waals surface area contributed by atoms with E-state index in [1.54, 1.807) is 4.90 Å². The summed E-state index contributed by atoms with van der Waals surface area (Å²) in [6.45, 7) is 0.722. The standard InChI is InChI=1S/C10H8Br3NO/c11-6-4-9(15)14(5-6)10-7(12)2-1-3-8(10)13/h1-3,6H,4-5H2. The van der Waals surface area contributed by atoms with E-state index in [1.165, 1.54) is 0 Å². The van der Waals surface area contributed by atoms with Crippen LogP contribution in [0.2, 0.25) is 0 Å². The Morgan fingerprint density at radius 2 is 1.87 bits per heavy atom. The molecule has 1 atom stereocenters. The molecule has 0 saturated carbocycles. The minimum absolute atomic E-state index is 0.157. The summed E-state index contributed by atoms with van der Waals surface area (Å²) < 4.78 is 1.87. The summed E-state index contributed by atoms with van der Waals surface area (Å²) in [5, 5.41) is 0. The molecule has 1 saturated heterocycles. The van der Waals surface area contributed by atoms with Crippen LogP contribution in [0.5, 0.6) is 0 Å². The first-order valence-corrected chi connectivity index (χ1v) is 6.98. The molecule has 1 fully saturated rings. The summed E-state index contributed by atoms with van der Waals surface area (Å²) in [6.07, 6.45) is 0.563. The van der Waals surface area contributed by atoms with Crippen molar-refractivity contribution in [2.75, 3.05) is 11.4 Å². The van der Waals surface area contributed by atoms with Gasteiger partial charge in [-0.05, 0) is 44.0 Å². The highest BCUT2D eigenvalue weighted by Crippen LogP contribution is 2.37. The second kappa shape index (κ2) is 4.55. The average molecular weight is 398 g/mol. The molecule has 5 heteroatoms. The number of carbonyl (C=O) groups is 1. The number of rotatable bonds is 1. The van der Waals surface area contributed by atoms with Gasteiger partial charge in [0.2, 0.25) is 5.91 Å². The van der Waals surface area contributed by atoms with E-state index in [-0.39, 0.29) is 10.7 Å². The zero-order valence-corrected chi connectivity index (χ0v) is 12.5. The van der Waals surface area contributed by atoms with E-state index in [4.69, 9.17) is 0 Å². The van der Waals surface area contributed by atoms with Gasteiger partial charge >= 0.3 is 0 Å². The van der Waals surface area contributed by atoms with Gasteiger partial charge < -0.3 is 4.90 Å². The third-order valence-electron chi connectivity index (χ3n) is 2.29. The second-order valence-electron chi connectivity index (χ2n) is 3.38. The topological polar surface area (TPSA) is 20.3 Å². The lowest BCUT2D eigenvalue weighted by molar-refractivity contribution is -0.117. The van der Waals surface area contributed by atoms with Crippen molar-refractivity contribution in [3.05, 3.63) is 27.1 Å². The summed E-state index contributed by atoms with van der Waals surface area (Å²) in [5.41, 5.74) is 0.921. The molecule has 15 heavy (non-hydrogen) atoms. The normalized spacial score (nSPS) is 21.1. The van der Waals surface area contributed by atoms with E-state index < -0.39 is 0 Å². The molecule has 0 radical (unpaired) electrons. The molecule has 1 aliphatic heterocycles. The van der Waals surface area contributed by atoms with Crippen LogP contribution >= 0.6 is 47.8 Å². The summed E-state index contributed by atoms with van der Waals surface area (Å²) in [6, 6.07) is 5.81. The van der Waals surface area contributed by atoms with Gasteiger partial charge in [-0.15, -0.1) is 0 Å². The molecule has 0 aromatic heterocycles. The Morgan fingerprint density at radius 1 is 1.27 bits per heavy atom. The van der Waals surface area contributed by atoms with Gasteiger partial charge in [0.05, 0.1) is 5.69 Å². The Labute approximate surface area is 113 Å². The van der Waals surface area contributed by atoms with Crippen LogP contribution in [0, 0.1) is 0 Å². The quantitative estimate of drug-likeness (QED) is 0.661. The first kappa shape index (κ1) is 11.6. The Bertz CT molecular complexity index is 387. The Morgan fingerprint density at radius 3 is 2.33 bits per heavy atom. The number of carbonyl (C=O) groups excluding carboxylic acids is 1. The van der Waals surface area contributed by atoms with Crippen LogP contribution in [0.4, 0.5) is 5.69 Å². The summed E-state index contributed by atoms with van der Waals surface area (Å²) in [7, 11) is 0. The number of hydrogen-bond donors (Lipinski definition) is 0. The van der Waals surface area contributed by atoms with Crippen LogP contribution in [-0.2, 0) is 4.79 Å². The number of alkyl halides is 1. The molecule has 0 spiro atoms. The zero-order valence-electron chi connectivity index (χ0n) is 7.71. The van der Waals surface area contributed by atoms with Crippen molar-refractivity contribution >= 4 is 59.4 Å². The van der Waals surface area contributed by atoms with Crippen molar-refractivity contribution < 1.29 is 4.79 Å². The number of hydrogen-bond acceptors (Lipinski definition) is 1. The van der Waals surface area contributed by atoms with Crippen molar-refractivity contribution in [3.8, 4) is 0 Å². The molecule has 1 aliphatic rings. The van der Waals surface area contributed by atoms with Crippen molar-refractivity contribution in [2.45, 2.75) is 11.2 Å². The fourth-order valence-electron chi connectivity index (χ4n) is 1.63. The Kier molecular flexibility index (Phi) is 3.52. The highest BCUT2D eigenvalue weighted by Gasteiger charge is 2.30. The number of anilines is 1. The van der Waals surface area contributed by atoms with E-state index >= 15 is 0 Å². The van der Waals surface area contributed by atoms with Gasteiger partial charge in [-0.1, -0.05) is 22.0 Å². The average Bonchev–Trinajstić information content (AvgIpc) is 2.45. The maximum absolute atomic E-state index is 11.7. The number of nitrogens with zero attached hydrogens (tertiary/aromatic N) is 1. The van der Waals surface area contributed by atoms with Crippen LogP contribution in [-0.4, -0.2) is 17.3 Å². The molecule has 0 N–H and O–H groups in total. The van der Waals surface area contributed by atoms with Gasteiger partial charge in [0.15, 0.2) is 0 Å². The predicted molar refractivity (Wildman–Crippen MR) is 71.5 cm³/mol. The number of para-hydroxylation sites is 1. The molecule has 0 bridgehead atoms. The van der Waals surface area contributed by atoms with Crippen LogP contribution < -0.4 is 4.90 Å². The zero-order chi connectivity index (χ0) is 11.0. The molecule has 2 rings (SSSR count). The molecule has 1 aromatic rings. The number of benzene rings is 1. The maximum Gasteiger partial charge on any atom is 0.228 e. The minimum Gasteiger partial charge on any atom is -0.309 e. The van der Waals surface area contributed by atoms with Crippen LogP contribution in [0.3, 0.4) is 0 Å². The summed E-state index contributed by atoms with van der Waals surface area (Å²) >= 11 is 10.4. The molecular formula is C10H8Br3NO. The van der Waals surface area contributed by atoms with Crippen LogP contribution in [0.1, 0.15) is 6.42 Å². The van der Waals surface area contributed by atoms with Gasteiger partial charge in [0.1, 0.15) is 0 Å². The molecule has 1 heterocycles. The van der Waals surface area contributed by atoms with Gasteiger partial charge in [0, 0.05) is 26.7 Å². The predicted octanol–water partition coefficient (Wildman–Crippen LogP) is 3.71. The third-order valence-corrected chi connectivity index (χ3v) is 4.18. The molecule has 1 unspecified atom stereocenters. The van der Waals surface area contributed by atoms with E-state index in [9.17, 15) is 4.79 Å². The van der Waals surface area contributed by atoms with Gasteiger partial charge in [-0.2, -0.15) is 0 Å². The lowest BCUT2D eigenvalue weighted by Gasteiger charge is -2.19. The lowest BCUT2D eigenvalue weighted by atomic mass is 10.3. The summed E-state index contributed by atoms with van der Waals surface area (Å²) in [5.74, 6) is 0.157. The molecule has 80 valence electrons. The largest absolute Gasteiger partial charge is 0.309 e. The first-order chi connectivity index (χ1) is 7.09. The number of halogens is 3. The highest BCUT2D eigenvalue weighted by atomic mass is 79.9. The van der Waals surface area contributed by atoms with E-state index in [1.807, 2.05) is 18.2 Å². The molecule has 2 nitrogen and oxygen atoms in total. The smallest absolute Gasteiger partial charge is 0.228 e. The highest BCUT2D eigenvalue weighted by molar-refractivity contribution is 9.11. The molecular weight excluding hydrogens is 390 g/mol. The molecule has 1 amide bonds. The monoisotopic (exact) mass is 395 g/mol. The maximum atomic E-state index is 11.7. The molecule has 1 aromatic carbocycles. The fourth-order valence-corrected chi connectivity index (χ4v) is 3.62. The fraction of sp³-hybridized carbons (Fsp3) is 0.300. The molecule has 0 aliphatic carbocycles. The Hall–Kier alpha value is 0.130. The van der Waals surface area contributed by atoms with Gasteiger partial charge in [-0.3, -0.25) is 4.79 Å². The van der Waals surface area contributed by atoms with Crippen LogP contribution in [0.15, 0.2) is 27.1 Å². The second-order valence-corrected chi connectivity index (χ2v) is 6.38. The van der Waals surface area contributed by atoms with Crippen molar-refractivity contribution in [2.24, 2.45) is 0 Å². The SMILES string of the molecule is O=C1CC(Br)CN1c1c(Br)cccc1Br. The van der Waals surface area contributed by atoms with Crippen molar-refractivity contribution in [1.29, 1.82) is 0 Å². The van der Waals surface area contributed by atoms with Crippen molar-refractivity contribution in [1.82, 2.24) is 0 Å². The lowest BCUT2D eigenvalue weighted by Crippen LogP contribution is -2.25. The third kappa shape index (κ3) is 2.29.